The predicted molar refractivity (Wildman–Crippen MR) is 75.4 cm³/mol. The molecule has 6 nitrogen and oxygen atoms in total. The predicted octanol–water partition coefficient (Wildman–Crippen LogP) is 2.62. The van der Waals surface area contributed by atoms with Crippen LogP contribution in [-0.4, -0.2) is 30.0 Å². The first kappa shape index (κ1) is 16.5. The Bertz CT molecular complexity index is 375. The van der Waals surface area contributed by atoms with Gasteiger partial charge in [0.2, 0.25) is 0 Å². The maximum Gasteiger partial charge on any atom is 0.428 e. The molecule has 1 N–H and O–H groups in total. The molecule has 20 heavy (non-hydrogen) atoms. The van der Waals surface area contributed by atoms with E-state index >= 15 is 0 Å². The van der Waals surface area contributed by atoms with E-state index in [-0.39, 0.29) is 11.9 Å². The maximum atomic E-state index is 11.6. The number of carbonyl (C=O) groups excluding carboxylic acids is 2. The molecule has 0 saturated heterocycles. The zero-order valence-corrected chi connectivity index (χ0v) is 12.7. The van der Waals surface area contributed by atoms with Gasteiger partial charge in [0.1, 0.15) is 5.60 Å². The summed E-state index contributed by atoms with van der Waals surface area (Å²) < 4.78 is 10.1. The second-order valence-corrected chi connectivity index (χ2v) is 5.82. The molecular formula is C14H24N2O4. The van der Waals surface area contributed by atoms with Gasteiger partial charge in [-0.05, 0) is 53.4 Å². The minimum atomic E-state index is -0.558. The standard InChI is InChI=1S/C14H24N2O4/c1-5-19-12(17)10-6-8-11(9-7-10)15-16-13(18)20-14(2,3)4/h10H,5-9H2,1-4H3,(H,16,18). The molecule has 1 fully saturated rings. The van der Waals surface area contributed by atoms with Gasteiger partial charge in [-0.1, -0.05) is 0 Å². The first-order chi connectivity index (χ1) is 9.31. The van der Waals surface area contributed by atoms with Crippen molar-refractivity contribution in [2.75, 3.05) is 6.61 Å². The molecule has 0 radical (unpaired) electrons. The van der Waals surface area contributed by atoms with Gasteiger partial charge in [-0.3, -0.25) is 4.79 Å². The van der Waals surface area contributed by atoms with E-state index < -0.39 is 11.7 Å². The Morgan fingerprint density at radius 1 is 1.30 bits per heavy atom. The summed E-state index contributed by atoms with van der Waals surface area (Å²) in [6.45, 7) is 7.60. The van der Waals surface area contributed by atoms with Gasteiger partial charge >= 0.3 is 12.1 Å². The van der Waals surface area contributed by atoms with Crippen molar-refractivity contribution in [3.8, 4) is 0 Å². The van der Waals surface area contributed by atoms with E-state index in [9.17, 15) is 9.59 Å². The van der Waals surface area contributed by atoms with Crippen LogP contribution in [0.4, 0.5) is 4.79 Å². The highest BCUT2D eigenvalue weighted by molar-refractivity contribution is 5.87. The van der Waals surface area contributed by atoms with E-state index in [0.29, 0.717) is 32.3 Å². The molecule has 6 heteroatoms. The van der Waals surface area contributed by atoms with Crippen molar-refractivity contribution in [3.63, 3.8) is 0 Å². The number of nitrogens with zero attached hydrogens (tertiary/aromatic N) is 1. The van der Waals surface area contributed by atoms with E-state index in [4.69, 9.17) is 9.47 Å². The lowest BCUT2D eigenvalue weighted by molar-refractivity contribution is -0.148. The van der Waals surface area contributed by atoms with Crippen molar-refractivity contribution in [3.05, 3.63) is 0 Å². The number of rotatable bonds is 3. The molecule has 0 heterocycles. The minimum absolute atomic E-state index is 0.0459. The lowest BCUT2D eigenvalue weighted by atomic mass is 9.88. The topological polar surface area (TPSA) is 77.0 Å². The van der Waals surface area contributed by atoms with Crippen LogP contribution in [0.25, 0.3) is 0 Å². The molecule has 0 aromatic rings. The molecule has 0 aliphatic heterocycles. The van der Waals surface area contributed by atoms with E-state index in [2.05, 4.69) is 10.5 Å². The fraction of sp³-hybridized carbons (Fsp3) is 0.786. The molecule has 0 spiro atoms. The molecule has 0 unspecified atom stereocenters. The van der Waals surface area contributed by atoms with E-state index in [1.807, 2.05) is 0 Å². The lowest BCUT2D eigenvalue weighted by Gasteiger charge is -2.22. The molecule has 1 aliphatic rings. The summed E-state index contributed by atoms with van der Waals surface area (Å²) in [5, 5.41) is 4.05. The van der Waals surface area contributed by atoms with Crippen LogP contribution in [0, 0.1) is 5.92 Å². The molecule has 1 rings (SSSR count). The third-order valence-corrected chi connectivity index (χ3v) is 2.89. The van der Waals surface area contributed by atoms with E-state index in [1.54, 1.807) is 27.7 Å². The zero-order valence-electron chi connectivity index (χ0n) is 12.7. The summed E-state index contributed by atoms with van der Waals surface area (Å²) in [4.78, 5) is 23.0. The number of ether oxygens (including phenoxy) is 2. The molecule has 0 aromatic carbocycles. The highest BCUT2D eigenvalue weighted by atomic mass is 16.6. The number of hydrogen-bond acceptors (Lipinski definition) is 5. The van der Waals surface area contributed by atoms with Crippen molar-refractivity contribution >= 4 is 17.8 Å². The Balaban J connectivity index is 2.36. The fourth-order valence-corrected chi connectivity index (χ4v) is 1.98. The lowest BCUT2D eigenvalue weighted by Crippen LogP contribution is -2.31. The maximum absolute atomic E-state index is 11.6. The van der Waals surface area contributed by atoms with Gasteiger partial charge in [0.25, 0.3) is 0 Å². The van der Waals surface area contributed by atoms with Crippen molar-refractivity contribution in [1.29, 1.82) is 0 Å². The van der Waals surface area contributed by atoms with Gasteiger partial charge < -0.3 is 9.47 Å². The van der Waals surface area contributed by atoms with Gasteiger partial charge in [0, 0.05) is 5.71 Å². The molecule has 0 aromatic heterocycles. The second-order valence-electron chi connectivity index (χ2n) is 5.82. The molecule has 114 valence electrons. The number of hydrazone groups is 1. The number of hydrogen-bond donors (Lipinski definition) is 1. The summed E-state index contributed by atoms with van der Waals surface area (Å²) in [5.74, 6) is -0.179. The third-order valence-electron chi connectivity index (χ3n) is 2.89. The van der Waals surface area contributed by atoms with Gasteiger partial charge in [-0.25, -0.2) is 10.2 Å². The third kappa shape index (κ3) is 6.04. The van der Waals surface area contributed by atoms with Crippen LogP contribution in [-0.2, 0) is 14.3 Å². The number of nitrogens with one attached hydrogen (secondary N) is 1. The summed E-state index contributed by atoms with van der Waals surface area (Å²) in [6, 6.07) is 0. The summed E-state index contributed by atoms with van der Waals surface area (Å²) >= 11 is 0. The summed E-state index contributed by atoms with van der Waals surface area (Å²) in [5.41, 5.74) is 2.74. The van der Waals surface area contributed by atoms with Gasteiger partial charge in [0.15, 0.2) is 0 Å². The van der Waals surface area contributed by atoms with Gasteiger partial charge in [-0.15, -0.1) is 0 Å². The summed E-state index contributed by atoms with van der Waals surface area (Å²) in [6.07, 6.45) is 2.26. The second kappa shape index (κ2) is 7.26. The Labute approximate surface area is 119 Å². The van der Waals surface area contributed by atoms with Gasteiger partial charge in [0.05, 0.1) is 12.5 Å². The smallest absolute Gasteiger partial charge is 0.428 e. The zero-order chi connectivity index (χ0) is 15.2. The Morgan fingerprint density at radius 2 is 1.90 bits per heavy atom. The Kier molecular flexibility index (Phi) is 5.98. The fourth-order valence-electron chi connectivity index (χ4n) is 1.98. The van der Waals surface area contributed by atoms with Crippen LogP contribution >= 0.6 is 0 Å². The van der Waals surface area contributed by atoms with Crippen LogP contribution < -0.4 is 5.43 Å². The first-order valence-electron chi connectivity index (χ1n) is 7.03. The quantitative estimate of drug-likeness (QED) is 0.638. The monoisotopic (exact) mass is 284 g/mol. The van der Waals surface area contributed by atoms with Gasteiger partial charge in [-0.2, -0.15) is 5.10 Å². The van der Waals surface area contributed by atoms with E-state index in [0.717, 1.165) is 5.71 Å². The highest BCUT2D eigenvalue weighted by Crippen LogP contribution is 2.23. The molecule has 1 aliphatic carbocycles. The van der Waals surface area contributed by atoms with Crippen molar-refractivity contribution in [1.82, 2.24) is 5.43 Å². The molecule has 0 atom stereocenters. The first-order valence-corrected chi connectivity index (χ1v) is 7.03. The van der Waals surface area contributed by atoms with Crippen LogP contribution in [0.2, 0.25) is 0 Å². The SMILES string of the molecule is CCOC(=O)C1CCC(=NNC(=O)OC(C)(C)C)CC1. The average molecular weight is 284 g/mol. The number of esters is 1. The molecule has 0 bridgehead atoms. The van der Waals surface area contributed by atoms with Crippen LogP contribution in [0.15, 0.2) is 5.10 Å². The summed E-state index contributed by atoms with van der Waals surface area (Å²) in [7, 11) is 0. The Morgan fingerprint density at radius 3 is 2.40 bits per heavy atom. The average Bonchev–Trinajstić information content (AvgIpc) is 2.35. The van der Waals surface area contributed by atoms with Crippen LogP contribution in [0.3, 0.4) is 0 Å². The minimum Gasteiger partial charge on any atom is -0.466 e. The van der Waals surface area contributed by atoms with Crippen LogP contribution in [0.1, 0.15) is 53.4 Å². The molecule has 1 saturated carbocycles. The van der Waals surface area contributed by atoms with Crippen molar-refractivity contribution in [2.45, 2.75) is 59.0 Å². The largest absolute Gasteiger partial charge is 0.466 e. The molecule has 1 amide bonds. The number of carbonyl (C=O) groups is 2. The number of amides is 1. The van der Waals surface area contributed by atoms with Crippen molar-refractivity contribution < 1.29 is 19.1 Å². The van der Waals surface area contributed by atoms with E-state index in [1.165, 1.54) is 0 Å². The molecular weight excluding hydrogens is 260 g/mol. The Hall–Kier alpha value is -1.59. The highest BCUT2D eigenvalue weighted by Gasteiger charge is 2.25. The van der Waals surface area contributed by atoms with Crippen molar-refractivity contribution in [2.24, 2.45) is 11.0 Å². The normalized spacial score (nSPS) is 19.2. The van der Waals surface area contributed by atoms with Crippen LogP contribution in [0.5, 0.6) is 0 Å².